The van der Waals surface area contributed by atoms with Gasteiger partial charge in [0.05, 0.1) is 11.7 Å². The predicted molar refractivity (Wildman–Crippen MR) is 77.0 cm³/mol. The monoisotopic (exact) mass is 256 g/mol. The zero-order chi connectivity index (χ0) is 13.7. The first kappa shape index (κ1) is 13.5. The summed E-state index contributed by atoms with van der Waals surface area (Å²) in [6.45, 7) is 6.30. The Bertz CT molecular complexity index is 522. The number of anilines is 1. The van der Waals surface area contributed by atoms with Crippen molar-refractivity contribution < 1.29 is 0 Å². The van der Waals surface area contributed by atoms with Gasteiger partial charge in [-0.05, 0) is 37.0 Å². The quantitative estimate of drug-likeness (QED) is 0.891. The molecule has 0 aliphatic heterocycles. The van der Waals surface area contributed by atoms with Crippen LogP contribution in [0.15, 0.2) is 30.7 Å². The molecule has 1 unspecified atom stereocenters. The van der Waals surface area contributed by atoms with E-state index in [2.05, 4.69) is 47.1 Å². The molecule has 100 valence electrons. The first-order valence-electron chi connectivity index (χ1n) is 6.73. The summed E-state index contributed by atoms with van der Waals surface area (Å²) in [4.78, 5) is 13.1. The van der Waals surface area contributed by atoms with Crippen LogP contribution >= 0.6 is 0 Å². The van der Waals surface area contributed by atoms with Crippen molar-refractivity contribution >= 4 is 5.95 Å². The Labute approximate surface area is 114 Å². The average Bonchev–Trinajstić information content (AvgIpc) is 2.46. The molecule has 0 fully saturated rings. The number of hydrogen-bond acceptors (Lipinski definition) is 4. The van der Waals surface area contributed by atoms with Crippen molar-refractivity contribution in [3.05, 3.63) is 47.5 Å². The van der Waals surface area contributed by atoms with Crippen molar-refractivity contribution in [1.29, 1.82) is 0 Å². The van der Waals surface area contributed by atoms with E-state index in [-0.39, 0.29) is 6.04 Å². The molecular weight excluding hydrogens is 236 g/mol. The van der Waals surface area contributed by atoms with Gasteiger partial charge in [0.1, 0.15) is 0 Å². The van der Waals surface area contributed by atoms with Gasteiger partial charge < -0.3 is 5.32 Å². The second kappa shape index (κ2) is 6.27. The van der Waals surface area contributed by atoms with Crippen molar-refractivity contribution in [2.24, 2.45) is 0 Å². The first-order valence-corrected chi connectivity index (χ1v) is 6.73. The fourth-order valence-corrected chi connectivity index (χ4v) is 1.99. The van der Waals surface area contributed by atoms with Crippen molar-refractivity contribution in [2.75, 3.05) is 5.32 Å². The van der Waals surface area contributed by atoms with Crippen LogP contribution in [-0.2, 0) is 6.42 Å². The smallest absolute Gasteiger partial charge is 0.223 e. The number of nitrogens with one attached hydrogen (secondary N) is 1. The first-order chi connectivity index (χ1) is 9.24. The molecule has 19 heavy (non-hydrogen) atoms. The molecule has 0 bridgehead atoms. The SMILES string of the molecule is CCc1cnc(NC(CC)c2ncccc2C)nc1. The van der Waals surface area contributed by atoms with E-state index in [1.165, 1.54) is 5.56 Å². The highest BCUT2D eigenvalue weighted by Gasteiger charge is 2.13. The lowest BCUT2D eigenvalue weighted by molar-refractivity contribution is 0.707. The van der Waals surface area contributed by atoms with E-state index in [1.54, 1.807) is 0 Å². The third-order valence-electron chi connectivity index (χ3n) is 3.21. The van der Waals surface area contributed by atoms with E-state index in [0.29, 0.717) is 5.95 Å². The Morgan fingerprint density at radius 2 is 1.89 bits per heavy atom. The highest BCUT2D eigenvalue weighted by molar-refractivity contribution is 5.32. The Hall–Kier alpha value is -1.97. The lowest BCUT2D eigenvalue weighted by atomic mass is 10.1. The molecule has 0 spiro atoms. The fraction of sp³-hybridized carbons (Fsp3) is 0.400. The summed E-state index contributed by atoms with van der Waals surface area (Å²) in [6.07, 6.45) is 7.46. The number of aryl methyl sites for hydroxylation is 2. The van der Waals surface area contributed by atoms with E-state index < -0.39 is 0 Å². The van der Waals surface area contributed by atoms with Gasteiger partial charge in [-0.25, -0.2) is 9.97 Å². The average molecular weight is 256 g/mol. The van der Waals surface area contributed by atoms with Crippen LogP contribution in [0.1, 0.15) is 43.1 Å². The molecule has 0 amide bonds. The van der Waals surface area contributed by atoms with Crippen molar-refractivity contribution in [3.8, 4) is 0 Å². The number of pyridine rings is 1. The Balaban J connectivity index is 2.17. The molecule has 4 nitrogen and oxygen atoms in total. The second-order valence-electron chi connectivity index (χ2n) is 4.58. The molecule has 1 atom stereocenters. The highest BCUT2D eigenvalue weighted by Crippen LogP contribution is 2.21. The van der Waals surface area contributed by atoms with Crippen LogP contribution in [0.4, 0.5) is 5.95 Å². The van der Waals surface area contributed by atoms with Crippen LogP contribution in [0.2, 0.25) is 0 Å². The largest absolute Gasteiger partial charge is 0.346 e. The highest BCUT2D eigenvalue weighted by atomic mass is 15.1. The van der Waals surface area contributed by atoms with Crippen molar-refractivity contribution in [2.45, 2.75) is 39.7 Å². The van der Waals surface area contributed by atoms with Gasteiger partial charge in [-0.2, -0.15) is 0 Å². The molecule has 2 heterocycles. The van der Waals surface area contributed by atoms with Crippen molar-refractivity contribution in [1.82, 2.24) is 15.0 Å². The summed E-state index contributed by atoms with van der Waals surface area (Å²) in [5.74, 6) is 0.661. The summed E-state index contributed by atoms with van der Waals surface area (Å²) in [6, 6.07) is 4.18. The van der Waals surface area contributed by atoms with E-state index in [0.717, 1.165) is 24.1 Å². The molecule has 0 radical (unpaired) electrons. The van der Waals surface area contributed by atoms with E-state index in [4.69, 9.17) is 0 Å². The molecule has 2 aromatic rings. The van der Waals surface area contributed by atoms with Crippen LogP contribution < -0.4 is 5.32 Å². The number of hydrogen-bond donors (Lipinski definition) is 1. The molecular formula is C15H20N4. The second-order valence-corrected chi connectivity index (χ2v) is 4.58. The molecule has 0 saturated heterocycles. The van der Waals surface area contributed by atoms with Crippen LogP contribution in [0, 0.1) is 6.92 Å². The third-order valence-corrected chi connectivity index (χ3v) is 3.21. The van der Waals surface area contributed by atoms with Crippen LogP contribution in [0.25, 0.3) is 0 Å². The summed E-state index contributed by atoms with van der Waals surface area (Å²) in [7, 11) is 0. The van der Waals surface area contributed by atoms with Gasteiger partial charge in [0, 0.05) is 18.6 Å². The predicted octanol–water partition coefficient (Wildman–Crippen LogP) is 3.31. The summed E-state index contributed by atoms with van der Waals surface area (Å²) >= 11 is 0. The van der Waals surface area contributed by atoms with Gasteiger partial charge in [0.15, 0.2) is 0 Å². The summed E-state index contributed by atoms with van der Waals surface area (Å²) in [5.41, 5.74) is 3.40. The molecule has 0 aromatic carbocycles. The lowest BCUT2D eigenvalue weighted by Crippen LogP contribution is -2.14. The minimum absolute atomic E-state index is 0.147. The number of aromatic nitrogens is 3. The van der Waals surface area contributed by atoms with Crippen LogP contribution in [-0.4, -0.2) is 15.0 Å². The molecule has 2 rings (SSSR count). The van der Waals surface area contributed by atoms with E-state index >= 15 is 0 Å². The zero-order valence-corrected chi connectivity index (χ0v) is 11.7. The van der Waals surface area contributed by atoms with Gasteiger partial charge in [-0.15, -0.1) is 0 Å². The normalized spacial score (nSPS) is 12.2. The molecule has 2 aromatic heterocycles. The van der Waals surface area contributed by atoms with Crippen molar-refractivity contribution in [3.63, 3.8) is 0 Å². The maximum atomic E-state index is 4.46. The zero-order valence-electron chi connectivity index (χ0n) is 11.7. The topological polar surface area (TPSA) is 50.7 Å². The standard InChI is InChI=1S/C15H20N4/c1-4-12-9-17-15(18-10-12)19-13(5-2)14-11(3)7-6-8-16-14/h6-10,13H,4-5H2,1-3H3,(H,17,18,19). The van der Waals surface area contributed by atoms with Gasteiger partial charge in [-0.3, -0.25) is 4.98 Å². The fourth-order valence-electron chi connectivity index (χ4n) is 1.99. The number of rotatable bonds is 5. The molecule has 0 aliphatic carbocycles. The minimum atomic E-state index is 0.147. The maximum Gasteiger partial charge on any atom is 0.223 e. The van der Waals surface area contributed by atoms with Gasteiger partial charge in [0.2, 0.25) is 5.95 Å². The summed E-state index contributed by atoms with van der Waals surface area (Å²) in [5, 5.41) is 3.35. The van der Waals surface area contributed by atoms with Gasteiger partial charge in [-0.1, -0.05) is 19.9 Å². The van der Waals surface area contributed by atoms with Gasteiger partial charge >= 0.3 is 0 Å². The van der Waals surface area contributed by atoms with Crippen LogP contribution in [0.5, 0.6) is 0 Å². The van der Waals surface area contributed by atoms with Crippen LogP contribution in [0.3, 0.4) is 0 Å². The van der Waals surface area contributed by atoms with Gasteiger partial charge in [0.25, 0.3) is 0 Å². The Morgan fingerprint density at radius 1 is 1.16 bits per heavy atom. The Morgan fingerprint density at radius 3 is 2.47 bits per heavy atom. The molecule has 0 saturated carbocycles. The van der Waals surface area contributed by atoms with E-state index in [9.17, 15) is 0 Å². The third kappa shape index (κ3) is 3.28. The molecule has 1 N–H and O–H groups in total. The maximum absolute atomic E-state index is 4.46. The Kier molecular flexibility index (Phi) is 4.44. The molecule has 0 aliphatic rings. The summed E-state index contributed by atoms with van der Waals surface area (Å²) < 4.78 is 0. The molecule has 4 heteroatoms. The minimum Gasteiger partial charge on any atom is -0.346 e. The van der Waals surface area contributed by atoms with E-state index in [1.807, 2.05) is 24.7 Å². The number of nitrogens with zero attached hydrogens (tertiary/aromatic N) is 3. The lowest BCUT2D eigenvalue weighted by Gasteiger charge is -2.18.